The van der Waals surface area contributed by atoms with Crippen molar-refractivity contribution in [2.75, 3.05) is 0 Å². The third-order valence-electron chi connectivity index (χ3n) is 5.16. The Hall–Kier alpha value is -4.20. The van der Waals surface area contributed by atoms with E-state index in [0.717, 1.165) is 12.1 Å². The average Bonchev–Trinajstić information content (AvgIpc) is 2.79. The van der Waals surface area contributed by atoms with E-state index < -0.39 is 17.5 Å². The van der Waals surface area contributed by atoms with Crippen LogP contribution in [0.3, 0.4) is 0 Å². The Morgan fingerprint density at radius 2 is 1.74 bits per heavy atom. The zero-order chi connectivity index (χ0) is 24.2. The third kappa shape index (κ3) is 4.91. The summed E-state index contributed by atoms with van der Waals surface area (Å²) in [5.74, 6) is -1.99. The average molecular weight is 463 g/mol. The summed E-state index contributed by atoms with van der Waals surface area (Å²) in [6.07, 6.45) is 3.08. The summed E-state index contributed by atoms with van der Waals surface area (Å²) in [7, 11) is 0. The van der Waals surface area contributed by atoms with E-state index in [9.17, 15) is 18.0 Å². The number of hydrogen-bond acceptors (Lipinski definition) is 4. The molecular weight excluding hydrogens is 443 g/mol. The predicted molar refractivity (Wildman–Crippen MR) is 122 cm³/mol. The molecule has 0 radical (unpaired) electrons. The number of halogens is 3. The standard InChI is InChI=1S/C26H20F3N3O2/c1-16-11-20(28)12-17(2)26(16)32-14-18(6-9-24(32)33)25(22-8-7-19(27)13-23(22)29)31-34-15-21-5-3-4-10-30-21/h3-14H,15H2,1-2H3/b31-25-. The molecule has 0 amide bonds. The van der Waals surface area contributed by atoms with Crippen molar-refractivity contribution in [3.05, 3.63) is 129 Å². The molecule has 34 heavy (non-hydrogen) atoms. The van der Waals surface area contributed by atoms with Crippen LogP contribution in [0.25, 0.3) is 5.69 Å². The van der Waals surface area contributed by atoms with Gasteiger partial charge in [-0.15, -0.1) is 0 Å². The van der Waals surface area contributed by atoms with Crippen LogP contribution in [-0.4, -0.2) is 15.3 Å². The van der Waals surface area contributed by atoms with Crippen LogP contribution < -0.4 is 5.56 Å². The molecular formula is C26H20F3N3O2. The molecule has 2 aromatic carbocycles. The van der Waals surface area contributed by atoms with Crippen molar-refractivity contribution in [3.8, 4) is 5.69 Å². The van der Waals surface area contributed by atoms with Gasteiger partial charge in [0, 0.05) is 35.7 Å². The molecule has 0 bridgehead atoms. The molecule has 2 heterocycles. The van der Waals surface area contributed by atoms with Crippen LogP contribution in [0.1, 0.15) is 27.9 Å². The van der Waals surface area contributed by atoms with E-state index in [1.165, 1.54) is 41.1 Å². The number of rotatable bonds is 6. The van der Waals surface area contributed by atoms with E-state index in [4.69, 9.17) is 4.84 Å². The Balaban J connectivity index is 1.83. The van der Waals surface area contributed by atoms with Crippen LogP contribution in [0.5, 0.6) is 0 Å². The Morgan fingerprint density at radius 1 is 0.971 bits per heavy atom. The first-order valence-corrected chi connectivity index (χ1v) is 10.4. The van der Waals surface area contributed by atoms with Crippen LogP contribution in [-0.2, 0) is 11.4 Å². The minimum Gasteiger partial charge on any atom is -0.389 e. The minimum atomic E-state index is -0.841. The second-order valence-corrected chi connectivity index (χ2v) is 7.67. The first-order valence-electron chi connectivity index (χ1n) is 10.4. The summed E-state index contributed by atoms with van der Waals surface area (Å²) in [6.45, 7) is 3.40. The number of aromatic nitrogens is 2. The molecule has 0 saturated heterocycles. The fourth-order valence-electron chi connectivity index (χ4n) is 3.67. The molecule has 5 nitrogen and oxygen atoms in total. The molecule has 0 fully saturated rings. The summed E-state index contributed by atoms with van der Waals surface area (Å²) < 4.78 is 43.4. The number of hydrogen-bond donors (Lipinski definition) is 0. The van der Waals surface area contributed by atoms with Gasteiger partial charge < -0.3 is 4.84 Å². The highest BCUT2D eigenvalue weighted by molar-refractivity contribution is 6.12. The maximum absolute atomic E-state index is 14.7. The topological polar surface area (TPSA) is 56.5 Å². The van der Waals surface area contributed by atoms with Crippen LogP contribution in [0.15, 0.2) is 83.0 Å². The number of oxime groups is 1. The highest BCUT2D eigenvalue weighted by Crippen LogP contribution is 2.21. The maximum atomic E-state index is 14.7. The van der Waals surface area contributed by atoms with Gasteiger partial charge in [0.1, 0.15) is 23.2 Å². The molecule has 0 unspecified atom stereocenters. The van der Waals surface area contributed by atoms with Gasteiger partial charge in [0.2, 0.25) is 0 Å². The Morgan fingerprint density at radius 3 is 2.41 bits per heavy atom. The van der Waals surface area contributed by atoms with E-state index >= 15 is 0 Å². The second-order valence-electron chi connectivity index (χ2n) is 7.67. The summed E-state index contributed by atoms with van der Waals surface area (Å²) in [6, 6.07) is 13.8. The van der Waals surface area contributed by atoms with Crippen molar-refractivity contribution in [3.63, 3.8) is 0 Å². The van der Waals surface area contributed by atoms with Gasteiger partial charge in [0.15, 0.2) is 6.61 Å². The largest absolute Gasteiger partial charge is 0.389 e. The maximum Gasteiger partial charge on any atom is 0.255 e. The molecule has 0 spiro atoms. The summed E-state index contributed by atoms with van der Waals surface area (Å²) in [5, 5.41) is 4.11. The van der Waals surface area contributed by atoms with Crippen molar-refractivity contribution < 1.29 is 18.0 Å². The summed E-state index contributed by atoms with van der Waals surface area (Å²) >= 11 is 0. The fourth-order valence-corrected chi connectivity index (χ4v) is 3.67. The Bertz CT molecular complexity index is 1410. The molecule has 0 aliphatic rings. The highest BCUT2D eigenvalue weighted by Gasteiger charge is 2.17. The van der Waals surface area contributed by atoms with Crippen molar-refractivity contribution in [2.45, 2.75) is 20.5 Å². The molecule has 8 heteroatoms. The number of aryl methyl sites for hydroxylation is 2. The molecule has 0 aliphatic carbocycles. The lowest BCUT2D eigenvalue weighted by Crippen LogP contribution is -2.21. The smallest absolute Gasteiger partial charge is 0.255 e. The molecule has 0 atom stereocenters. The zero-order valence-corrected chi connectivity index (χ0v) is 18.4. The van der Waals surface area contributed by atoms with Gasteiger partial charge in [-0.1, -0.05) is 11.2 Å². The van der Waals surface area contributed by atoms with Gasteiger partial charge >= 0.3 is 0 Å². The number of pyridine rings is 2. The first-order chi connectivity index (χ1) is 16.3. The van der Waals surface area contributed by atoms with Crippen LogP contribution in [0, 0.1) is 31.3 Å². The highest BCUT2D eigenvalue weighted by atomic mass is 19.1. The van der Waals surface area contributed by atoms with Crippen molar-refractivity contribution in [1.29, 1.82) is 0 Å². The van der Waals surface area contributed by atoms with E-state index in [0.29, 0.717) is 28.1 Å². The SMILES string of the molecule is Cc1cc(F)cc(C)c1-n1cc(/C(=N/OCc2ccccn2)c2ccc(F)cc2F)ccc1=O. The molecule has 172 valence electrons. The first kappa shape index (κ1) is 23.0. The fraction of sp³-hybridized carbons (Fsp3) is 0.115. The minimum absolute atomic E-state index is 0.0137. The van der Waals surface area contributed by atoms with Crippen molar-refractivity contribution in [2.24, 2.45) is 5.16 Å². The van der Waals surface area contributed by atoms with Gasteiger partial charge in [-0.05, 0) is 67.4 Å². The van der Waals surface area contributed by atoms with E-state index in [1.54, 1.807) is 38.2 Å². The van der Waals surface area contributed by atoms with Crippen LogP contribution >= 0.6 is 0 Å². The lowest BCUT2D eigenvalue weighted by Gasteiger charge is -2.15. The molecule has 0 aliphatic heterocycles. The zero-order valence-electron chi connectivity index (χ0n) is 18.4. The van der Waals surface area contributed by atoms with Gasteiger partial charge in [-0.3, -0.25) is 14.3 Å². The van der Waals surface area contributed by atoms with Crippen LogP contribution in [0.2, 0.25) is 0 Å². The monoisotopic (exact) mass is 463 g/mol. The van der Waals surface area contributed by atoms with Gasteiger partial charge in [-0.25, -0.2) is 13.2 Å². The normalized spacial score (nSPS) is 11.5. The predicted octanol–water partition coefficient (Wildman–Crippen LogP) is 5.24. The van der Waals surface area contributed by atoms with Gasteiger partial charge in [-0.2, -0.15) is 0 Å². The third-order valence-corrected chi connectivity index (χ3v) is 5.16. The molecule has 2 aromatic heterocycles. The van der Waals surface area contributed by atoms with Crippen molar-refractivity contribution >= 4 is 5.71 Å². The quantitative estimate of drug-likeness (QED) is 0.290. The van der Waals surface area contributed by atoms with Gasteiger partial charge in [0.25, 0.3) is 5.56 Å². The lowest BCUT2D eigenvalue weighted by atomic mass is 10.0. The second kappa shape index (κ2) is 9.74. The number of nitrogens with zero attached hydrogens (tertiary/aromatic N) is 3. The van der Waals surface area contributed by atoms with E-state index in [2.05, 4.69) is 10.1 Å². The van der Waals surface area contributed by atoms with E-state index in [-0.39, 0.29) is 23.4 Å². The molecule has 0 saturated carbocycles. The van der Waals surface area contributed by atoms with Crippen LogP contribution in [0.4, 0.5) is 13.2 Å². The van der Waals surface area contributed by atoms with E-state index in [1.807, 2.05) is 0 Å². The summed E-state index contributed by atoms with van der Waals surface area (Å²) in [4.78, 5) is 22.3. The van der Waals surface area contributed by atoms with Crippen molar-refractivity contribution in [1.82, 2.24) is 9.55 Å². The Kier molecular flexibility index (Phi) is 6.58. The Labute approximate surface area is 193 Å². The summed E-state index contributed by atoms with van der Waals surface area (Å²) in [5.41, 5.74) is 2.22. The molecule has 4 rings (SSSR count). The number of benzene rings is 2. The van der Waals surface area contributed by atoms with Gasteiger partial charge in [0.05, 0.1) is 11.4 Å². The lowest BCUT2D eigenvalue weighted by molar-refractivity contribution is 0.128. The molecule has 4 aromatic rings. The molecule has 0 N–H and O–H groups in total.